The van der Waals surface area contributed by atoms with E-state index in [1.54, 1.807) is 24.3 Å². The first-order valence-electron chi connectivity index (χ1n) is 8.66. The van der Waals surface area contributed by atoms with Crippen LogP contribution in [0.4, 0.5) is 0 Å². The molecule has 1 aliphatic rings. The number of nitrogens with one attached hydrogen (secondary N) is 3. The SMILES string of the molecule is O=C(NC(C(=O)NCC1CCCN1)c1ccccc1)c1ccccc1. The largest absolute Gasteiger partial charge is 0.352 e. The molecule has 1 aliphatic heterocycles. The van der Waals surface area contributed by atoms with Gasteiger partial charge >= 0.3 is 0 Å². The quantitative estimate of drug-likeness (QED) is 0.755. The number of benzene rings is 2. The molecule has 2 unspecified atom stereocenters. The molecule has 1 heterocycles. The second-order valence-electron chi connectivity index (χ2n) is 6.22. The summed E-state index contributed by atoms with van der Waals surface area (Å²) in [4.78, 5) is 25.2. The van der Waals surface area contributed by atoms with Gasteiger partial charge in [-0.1, -0.05) is 48.5 Å². The first-order valence-corrected chi connectivity index (χ1v) is 8.66. The summed E-state index contributed by atoms with van der Waals surface area (Å²) in [6, 6.07) is 17.8. The maximum atomic E-state index is 12.7. The van der Waals surface area contributed by atoms with Gasteiger partial charge in [0.05, 0.1) is 0 Å². The smallest absolute Gasteiger partial charge is 0.252 e. The third-order valence-electron chi connectivity index (χ3n) is 4.39. The molecular formula is C20H23N3O2. The van der Waals surface area contributed by atoms with Crippen molar-refractivity contribution in [1.82, 2.24) is 16.0 Å². The zero-order valence-corrected chi connectivity index (χ0v) is 14.1. The first-order chi connectivity index (χ1) is 12.2. The van der Waals surface area contributed by atoms with E-state index in [1.165, 1.54) is 0 Å². The fraction of sp³-hybridized carbons (Fsp3) is 0.300. The summed E-state index contributed by atoms with van der Waals surface area (Å²) < 4.78 is 0. The molecule has 0 radical (unpaired) electrons. The molecule has 5 nitrogen and oxygen atoms in total. The second-order valence-corrected chi connectivity index (χ2v) is 6.22. The maximum Gasteiger partial charge on any atom is 0.252 e. The number of rotatable bonds is 6. The van der Waals surface area contributed by atoms with Gasteiger partial charge in [-0.05, 0) is 37.1 Å². The highest BCUT2D eigenvalue weighted by atomic mass is 16.2. The Labute approximate surface area is 147 Å². The van der Waals surface area contributed by atoms with Crippen LogP contribution < -0.4 is 16.0 Å². The third kappa shape index (κ3) is 4.67. The Bertz CT molecular complexity index is 697. The van der Waals surface area contributed by atoms with Crippen LogP contribution in [0, 0.1) is 0 Å². The van der Waals surface area contributed by atoms with Gasteiger partial charge in [0.2, 0.25) is 5.91 Å². The summed E-state index contributed by atoms with van der Waals surface area (Å²) in [5, 5.41) is 9.17. The highest BCUT2D eigenvalue weighted by molar-refractivity contribution is 5.97. The van der Waals surface area contributed by atoms with Gasteiger partial charge in [-0.3, -0.25) is 9.59 Å². The van der Waals surface area contributed by atoms with Crippen LogP contribution in [0.15, 0.2) is 60.7 Å². The normalized spacial score (nSPS) is 17.7. The Morgan fingerprint density at radius 1 is 1.04 bits per heavy atom. The lowest BCUT2D eigenvalue weighted by atomic mass is 10.0. The van der Waals surface area contributed by atoms with Crippen molar-refractivity contribution in [1.29, 1.82) is 0 Å². The van der Waals surface area contributed by atoms with Gasteiger partial charge in [0, 0.05) is 18.2 Å². The molecule has 2 atom stereocenters. The van der Waals surface area contributed by atoms with Crippen molar-refractivity contribution in [3.63, 3.8) is 0 Å². The molecule has 0 aliphatic carbocycles. The minimum Gasteiger partial charge on any atom is -0.352 e. The molecule has 0 saturated carbocycles. The maximum absolute atomic E-state index is 12.7. The van der Waals surface area contributed by atoms with E-state index in [2.05, 4.69) is 16.0 Å². The lowest BCUT2D eigenvalue weighted by Crippen LogP contribution is -2.44. The van der Waals surface area contributed by atoms with Crippen molar-refractivity contribution >= 4 is 11.8 Å². The van der Waals surface area contributed by atoms with Gasteiger partial charge in [-0.2, -0.15) is 0 Å². The van der Waals surface area contributed by atoms with Crippen molar-refractivity contribution in [2.24, 2.45) is 0 Å². The number of carbonyl (C=O) groups is 2. The monoisotopic (exact) mass is 337 g/mol. The molecule has 2 amide bonds. The zero-order chi connectivity index (χ0) is 17.5. The predicted molar refractivity (Wildman–Crippen MR) is 97.1 cm³/mol. The topological polar surface area (TPSA) is 70.2 Å². The highest BCUT2D eigenvalue weighted by Gasteiger charge is 2.24. The molecule has 130 valence electrons. The van der Waals surface area contributed by atoms with E-state index < -0.39 is 6.04 Å². The van der Waals surface area contributed by atoms with Crippen molar-refractivity contribution < 1.29 is 9.59 Å². The summed E-state index contributed by atoms with van der Waals surface area (Å²) in [6.07, 6.45) is 2.19. The Kier molecular flexibility index (Phi) is 5.80. The fourth-order valence-electron chi connectivity index (χ4n) is 3.01. The molecule has 5 heteroatoms. The minimum atomic E-state index is -0.713. The first kappa shape index (κ1) is 17.2. The molecule has 2 aromatic carbocycles. The Morgan fingerprint density at radius 3 is 2.36 bits per heavy atom. The van der Waals surface area contributed by atoms with Crippen LogP contribution >= 0.6 is 0 Å². The highest BCUT2D eigenvalue weighted by Crippen LogP contribution is 2.14. The van der Waals surface area contributed by atoms with E-state index in [-0.39, 0.29) is 11.8 Å². The second kappa shape index (κ2) is 8.44. The number of hydrogen-bond acceptors (Lipinski definition) is 3. The van der Waals surface area contributed by atoms with Crippen LogP contribution in [0.3, 0.4) is 0 Å². The molecule has 0 aromatic heterocycles. The van der Waals surface area contributed by atoms with Crippen molar-refractivity contribution in [2.75, 3.05) is 13.1 Å². The number of hydrogen-bond donors (Lipinski definition) is 3. The van der Waals surface area contributed by atoms with E-state index in [4.69, 9.17) is 0 Å². The van der Waals surface area contributed by atoms with Crippen LogP contribution in [0.1, 0.15) is 34.8 Å². The molecular weight excluding hydrogens is 314 g/mol. The van der Waals surface area contributed by atoms with E-state index >= 15 is 0 Å². The fourth-order valence-corrected chi connectivity index (χ4v) is 3.01. The zero-order valence-electron chi connectivity index (χ0n) is 14.1. The summed E-state index contributed by atoms with van der Waals surface area (Å²) in [5.74, 6) is -0.451. The molecule has 3 rings (SSSR count). The summed E-state index contributed by atoms with van der Waals surface area (Å²) in [7, 11) is 0. The number of amides is 2. The van der Waals surface area contributed by atoms with Crippen LogP contribution in [0.5, 0.6) is 0 Å². The van der Waals surface area contributed by atoms with Gasteiger partial charge in [-0.15, -0.1) is 0 Å². The Hall–Kier alpha value is -2.66. The van der Waals surface area contributed by atoms with E-state index in [9.17, 15) is 9.59 Å². The van der Waals surface area contributed by atoms with Crippen LogP contribution in [-0.2, 0) is 4.79 Å². The van der Waals surface area contributed by atoms with Crippen LogP contribution in [0.2, 0.25) is 0 Å². The van der Waals surface area contributed by atoms with Crippen molar-refractivity contribution in [2.45, 2.75) is 24.9 Å². The predicted octanol–water partition coefficient (Wildman–Crippen LogP) is 2.03. The summed E-state index contributed by atoms with van der Waals surface area (Å²) in [5.41, 5.74) is 1.30. The molecule has 3 N–H and O–H groups in total. The van der Waals surface area contributed by atoms with Gasteiger partial charge in [0.1, 0.15) is 6.04 Å². The summed E-state index contributed by atoms with van der Waals surface area (Å²) in [6.45, 7) is 1.57. The summed E-state index contributed by atoms with van der Waals surface area (Å²) >= 11 is 0. The average molecular weight is 337 g/mol. The van der Waals surface area contributed by atoms with Gasteiger partial charge in [-0.25, -0.2) is 0 Å². The van der Waals surface area contributed by atoms with Crippen LogP contribution in [0.25, 0.3) is 0 Å². The molecule has 0 bridgehead atoms. The van der Waals surface area contributed by atoms with Crippen LogP contribution in [-0.4, -0.2) is 30.9 Å². The van der Waals surface area contributed by atoms with E-state index in [0.29, 0.717) is 18.2 Å². The van der Waals surface area contributed by atoms with E-state index in [1.807, 2.05) is 36.4 Å². The van der Waals surface area contributed by atoms with Crippen molar-refractivity contribution in [3.05, 3.63) is 71.8 Å². The molecule has 1 fully saturated rings. The van der Waals surface area contributed by atoms with Gasteiger partial charge < -0.3 is 16.0 Å². The standard InChI is InChI=1S/C20H23N3O2/c24-19(16-10-5-2-6-11-16)23-18(15-8-3-1-4-9-15)20(25)22-14-17-12-7-13-21-17/h1-6,8-11,17-18,21H,7,12-14H2,(H,22,25)(H,23,24). The van der Waals surface area contributed by atoms with Crippen molar-refractivity contribution in [3.8, 4) is 0 Å². The molecule has 1 saturated heterocycles. The third-order valence-corrected chi connectivity index (χ3v) is 4.39. The lowest BCUT2D eigenvalue weighted by molar-refractivity contribution is -0.123. The Balaban J connectivity index is 1.70. The number of carbonyl (C=O) groups excluding carboxylic acids is 2. The molecule has 25 heavy (non-hydrogen) atoms. The van der Waals surface area contributed by atoms with Gasteiger partial charge in [0.25, 0.3) is 5.91 Å². The lowest BCUT2D eigenvalue weighted by Gasteiger charge is -2.20. The average Bonchev–Trinajstić information content (AvgIpc) is 3.19. The molecule has 0 spiro atoms. The molecule has 2 aromatic rings. The van der Waals surface area contributed by atoms with Gasteiger partial charge in [0.15, 0.2) is 0 Å². The Morgan fingerprint density at radius 2 is 1.72 bits per heavy atom. The minimum absolute atomic E-state index is 0.191. The van der Waals surface area contributed by atoms with E-state index in [0.717, 1.165) is 24.9 Å².